The van der Waals surface area contributed by atoms with Gasteiger partial charge in [0.15, 0.2) is 5.82 Å². The Balaban J connectivity index is 1.68. The molecule has 3 rings (SSSR count). The Hall–Kier alpha value is -1.50. The van der Waals surface area contributed by atoms with Crippen LogP contribution in [0.1, 0.15) is 11.1 Å². The zero-order chi connectivity index (χ0) is 13.8. The number of nitrogens with zero attached hydrogens (tertiary/aromatic N) is 3. The lowest BCUT2D eigenvalue weighted by Gasteiger charge is -2.09. The molecule has 6 heteroatoms. The summed E-state index contributed by atoms with van der Waals surface area (Å²) in [5, 5.41) is 9.82. The third-order valence-corrected chi connectivity index (χ3v) is 4.41. The van der Waals surface area contributed by atoms with Crippen molar-refractivity contribution in [1.82, 2.24) is 20.1 Å². The molecule has 0 aliphatic heterocycles. The second-order valence-electron chi connectivity index (χ2n) is 4.30. The van der Waals surface area contributed by atoms with E-state index in [0.29, 0.717) is 0 Å². The van der Waals surface area contributed by atoms with Gasteiger partial charge in [0.25, 0.3) is 0 Å². The SMILES string of the molecule is Brc1cc(CNCc2cccnc2-n2cccn2)cs1. The van der Waals surface area contributed by atoms with Crippen LogP contribution in [0.2, 0.25) is 0 Å². The molecule has 0 aromatic carbocycles. The summed E-state index contributed by atoms with van der Waals surface area (Å²) in [7, 11) is 0. The van der Waals surface area contributed by atoms with E-state index in [1.54, 1.807) is 28.4 Å². The topological polar surface area (TPSA) is 42.7 Å². The van der Waals surface area contributed by atoms with Crippen molar-refractivity contribution in [1.29, 1.82) is 0 Å². The van der Waals surface area contributed by atoms with E-state index < -0.39 is 0 Å². The number of aromatic nitrogens is 3. The van der Waals surface area contributed by atoms with Crippen LogP contribution in [0, 0.1) is 0 Å². The maximum absolute atomic E-state index is 4.41. The van der Waals surface area contributed by atoms with Crippen molar-refractivity contribution in [2.24, 2.45) is 0 Å². The minimum absolute atomic E-state index is 0.760. The fourth-order valence-electron chi connectivity index (χ4n) is 1.95. The molecule has 3 aromatic heterocycles. The average molecular weight is 349 g/mol. The zero-order valence-electron chi connectivity index (χ0n) is 10.7. The number of hydrogen-bond donors (Lipinski definition) is 1. The molecule has 0 aliphatic rings. The third-order valence-electron chi connectivity index (χ3n) is 2.86. The number of pyridine rings is 1. The summed E-state index contributed by atoms with van der Waals surface area (Å²) in [4.78, 5) is 4.41. The summed E-state index contributed by atoms with van der Waals surface area (Å²) in [6.45, 7) is 1.60. The molecule has 0 unspecified atom stereocenters. The Morgan fingerprint density at radius 3 is 2.95 bits per heavy atom. The molecule has 3 heterocycles. The maximum Gasteiger partial charge on any atom is 0.157 e. The van der Waals surface area contributed by atoms with E-state index in [0.717, 1.165) is 28.3 Å². The first-order valence-electron chi connectivity index (χ1n) is 6.20. The Kier molecular flexibility index (Phi) is 4.25. The molecule has 0 radical (unpaired) electrons. The first kappa shape index (κ1) is 13.5. The van der Waals surface area contributed by atoms with Gasteiger partial charge < -0.3 is 5.32 Å². The van der Waals surface area contributed by atoms with Crippen molar-refractivity contribution < 1.29 is 0 Å². The van der Waals surface area contributed by atoms with Crippen LogP contribution >= 0.6 is 27.3 Å². The van der Waals surface area contributed by atoms with Gasteiger partial charge in [-0.1, -0.05) is 6.07 Å². The predicted octanol–water partition coefficient (Wildman–Crippen LogP) is 3.38. The molecule has 4 nitrogen and oxygen atoms in total. The van der Waals surface area contributed by atoms with Crippen molar-refractivity contribution in [3.63, 3.8) is 0 Å². The van der Waals surface area contributed by atoms with Crippen molar-refractivity contribution in [3.8, 4) is 5.82 Å². The van der Waals surface area contributed by atoms with Gasteiger partial charge in [0.05, 0.1) is 3.79 Å². The normalized spacial score (nSPS) is 10.8. The maximum atomic E-state index is 4.41. The van der Waals surface area contributed by atoms with Gasteiger partial charge in [0.2, 0.25) is 0 Å². The summed E-state index contributed by atoms with van der Waals surface area (Å²) in [6, 6.07) is 8.05. The molecule has 0 spiro atoms. The number of halogens is 1. The highest BCUT2D eigenvalue weighted by molar-refractivity contribution is 9.11. The summed E-state index contributed by atoms with van der Waals surface area (Å²) >= 11 is 5.18. The van der Waals surface area contributed by atoms with Crippen molar-refractivity contribution in [2.75, 3.05) is 0 Å². The van der Waals surface area contributed by atoms with E-state index in [2.05, 4.69) is 48.8 Å². The molecular weight excluding hydrogens is 336 g/mol. The smallest absolute Gasteiger partial charge is 0.157 e. The van der Waals surface area contributed by atoms with Crippen LogP contribution in [0.3, 0.4) is 0 Å². The molecule has 0 bridgehead atoms. The lowest BCUT2D eigenvalue weighted by molar-refractivity contribution is 0.682. The van der Waals surface area contributed by atoms with Crippen LogP contribution < -0.4 is 5.32 Å². The average Bonchev–Trinajstić information content (AvgIpc) is 3.11. The van der Waals surface area contributed by atoms with E-state index >= 15 is 0 Å². The molecular formula is C14H13BrN4S. The van der Waals surface area contributed by atoms with Crippen LogP contribution in [0.5, 0.6) is 0 Å². The summed E-state index contributed by atoms with van der Waals surface area (Å²) in [6.07, 6.45) is 5.45. The largest absolute Gasteiger partial charge is 0.308 e. The van der Waals surface area contributed by atoms with Gasteiger partial charge in [0.1, 0.15) is 0 Å². The highest BCUT2D eigenvalue weighted by atomic mass is 79.9. The van der Waals surface area contributed by atoms with Crippen molar-refractivity contribution >= 4 is 27.3 Å². The molecule has 0 fully saturated rings. The third kappa shape index (κ3) is 3.15. The zero-order valence-corrected chi connectivity index (χ0v) is 13.1. The van der Waals surface area contributed by atoms with Gasteiger partial charge in [-0.2, -0.15) is 5.10 Å². The van der Waals surface area contributed by atoms with Crippen molar-refractivity contribution in [2.45, 2.75) is 13.1 Å². The van der Waals surface area contributed by atoms with Crippen LogP contribution in [0.4, 0.5) is 0 Å². The molecule has 20 heavy (non-hydrogen) atoms. The second-order valence-corrected chi connectivity index (χ2v) is 6.59. The fraction of sp³-hybridized carbons (Fsp3) is 0.143. The molecule has 3 aromatic rings. The van der Waals surface area contributed by atoms with Gasteiger partial charge >= 0.3 is 0 Å². The standard InChI is InChI=1S/C14H13BrN4S/c15-13-7-11(10-20-13)8-16-9-12-3-1-4-17-14(12)19-6-2-5-18-19/h1-7,10,16H,8-9H2. The molecule has 0 atom stereocenters. The molecule has 102 valence electrons. The number of thiophene rings is 1. The van der Waals surface area contributed by atoms with Gasteiger partial charge in [-0.15, -0.1) is 11.3 Å². The Labute approximate surface area is 129 Å². The highest BCUT2D eigenvalue weighted by Gasteiger charge is 2.05. The Bertz CT molecular complexity index is 678. The molecule has 0 amide bonds. The summed E-state index contributed by atoms with van der Waals surface area (Å²) < 4.78 is 2.95. The first-order valence-corrected chi connectivity index (χ1v) is 7.88. The molecule has 0 saturated heterocycles. The lowest BCUT2D eigenvalue weighted by atomic mass is 10.2. The van der Waals surface area contributed by atoms with E-state index in [-0.39, 0.29) is 0 Å². The van der Waals surface area contributed by atoms with Gasteiger partial charge in [-0.25, -0.2) is 9.67 Å². The van der Waals surface area contributed by atoms with E-state index in [1.807, 2.05) is 18.3 Å². The molecule has 0 aliphatic carbocycles. The first-order chi connectivity index (χ1) is 9.83. The van der Waals surface area contributed by atoms with Crippen molar-refractivity contribution in [3.05, 3.63) is 63.1 Å². The van der Waals surface area contributed by atoms with Gasteiger partial charge in [-0.3, -0.25) is 0 Å². The molecule has 1 N–H and O–H groups in total. The van der Waals surface area contributed by atoms with E-state index in [1.165, 1.54) is 5.56 Å². The number of nitrogens with one attached hydrogen (secondary N) is 1. The fourth-order valence-corrected chi connectivity index (χ4v) is 3.16. The van der Waals surface area contributed by atoms with Gasteiger partial charge in [0, 0.05) is 37.2 Å². The predicted molar refractivity (Wildman–Crippen MR) is 83.9 cm³/mol. The van der Waals surface area contributed by atoms with E-state index in [9.17, 15) is 0 Å². The monoisotopic (exact) mass is 348 g/mol. The highest BCUT2D eigenvalue weighted by Crippen LogP contribution is 2.20. The van der Waals surface area contributed by atoms with E-state index in [4.69, 9.17) is 0 Å². The minimum atomic E-state index is 0.760. The number of rotatable bonds is 5. The van der Waals surface area contributed by atoms with Crippen LogP contribution in [-0.4, -0.2) is 14.8 Å². The van der Waals surface area contributed by atoms with Crippen LogP contribution in [-0.2, 0) is 13.1 Å². The molecule has 0 saturated carbocycles. The summed E-state index contributed by atoms with van der Waals surface area (Å²) in [5.41, 5.74) is 2.41. The minimum Gasteiger partial charge on any atom is -0.308 e. The van der Waals surface area contributed by atoms with Crippen LogP contribution in [0.15, 0.2) is 52.0 Å². The summed E-state index contributed by atoms with van der Waals surface area (Å²) in [5.74, 6) is 0.872. The van der Waals surface area contributed by atoms with Crippen LogP contribution in [0.25, 0.3) is 5.82 Å². The lowest BCUT2D eigenvalue weighted by Crippen LogP contribution is -2.15. The van der Waals surface area contributed by atoms with Gasteiger partial charge in [-0.05, 0) is 45.1 Å². The Morgan fingerprint density at radius 1 is 1.25 bits per heavy atom. The number of hydrogen-bond acceptors (Lipinski definition) is 4. The Morgan fingerprint density at radius 2 is 2.20 bits per heavy atom. The second kappa shape index (κ2) is 6.30. The quantitative estimate of drug-likeness (QED) is 0.768.